The Bertz CT molecular complexity index is 2520. The first-order valence-electron chi connectivity index (χ1n) is 23.8. The molecular formula is C52H74N4O16. The highest BCUT2D eigenvalue weighted by molar-refractivity contribution is 5.98. The molecule has 0 fully saturated rings. The molecule has 0 aliphatic heterocycles. The van der Waals surface area contributed by atoms with Gasteiger partial charge < -0.3 is 63.9 Å². The average Bonchev–Trinajstić information content (AvgIpc) is 3.28. The normalized spacial score (nSPS) is 12.1. The molecule has 20 nitrogen and oxygen atoms in total. The number of benzene rings is 2. The van der Waals surface area contributed by atoms with Crippen LogP contribution >= 0.6 is 0 Å². The number of esters is 2. The number of methoxy groups -OCH3 is 3. The Kier molecular flexibility index (Phi) is 22.7. The fourth-order valence-electron chi connectivity index (χ4n) is 7.16. The zero-order chi connectivity index (χ0) is 53.9. The Labute approximate surface area is 420 Å². The fourth-order valence-corrected chi connectivity index (χ4v) is 7.16. The van der Waals surface area contributed by atoms with Crippen molar-refractivity contribution in [2.75, 3.05) is 47.6 Å². The Morgan fingerprint density at radius 2 is 1.07 bits per heavy atom. The van der Waals surface area contributed by atoms with E-state index in [1.807, 2.05) is 39.8 Å². The van der Waals surface area contributed by atoms with E-state index in [-0.39, 0.29) is 83.5 Å². The van der Waals surface area contributed by atoms with Crippen LogP contribution in [0.2, 0.25) is 0 Å². The molecule has 0 aliphatic carbocycles. The van der Waals surface area contributed by atoms with Crippen molar-refractivity contribution in [3.05, 3.63) is 56.8 Å². The van der Waals surface area contributed by atoms with Crippen LogP contribution < -0.4 is 40.9 Å². The summed E-state index contributed by atoms with van der Waals surface area (Å²) in [6.07, 6.45) is 5.02. The van der Waals surface area contributed by atoms with E-state index in [1.165, 1.54) is 33.5 Å². The highest BCUT2D eigenvalue weighted by Gasteiger charge is 2.28. The van der Waals surface area contributed by atoms with Crippen LogP contribution in [0.1, 0.15) is 119 Å². The van der Waals surface area contributed by atoms with E-state index < -0.39 is 83.6 Å². The predicted octanol–water partition coefficient (Wildman–Crippen LogP) is 7.14. The molecule has 72 heavy (non-hydrogen) atoms. The Morgan fingerprint density at radius 3 is 1.50 bits per heavy atom. The number of carbonyl (C=O) groups is 6. The number of alkyl carbamates (subject to hydrolysis) is 2. The number of amides is 4. The number of rotatable bonds is 25. The van der Waals surface area contributed by atoms with E-state index in [0.717, 1.165) is 11.1 Å². The van der Waals surface area contributed by atoms with Gasteiger partial charge in [-0.2, -0.15) is 0 Å². The van der Waals surface area contributed by atoms with Gasteiger partial charge in [0, 0.05) is 36.3 Å². The molecule has 4 amide bonds. The maximum atomic E-state index is 14.7. The summed E-state index contributed by atoms with van der Waals surface area (Å²) < 4.78 is 44.5. The van der Waals surface area contributed by atoms with Crippen LogP contribution in [0.25, 0.3) is 21.9 Å². The maximum Gasteiger partial charge on any atom is 0.407 e. The van der Waals surface area contributed by atoms with Crippen molar-refractivity contribution in [3.63, 3.8) is 0 Å². The first-order chi connectivity index (χ1) is 33.8. The minimum atomic E-state index is -1.03. The predicted molar refractivity (Wildman–Crippen MR) is 270 cm³/mol. The molecule has 1 aromatic heterocycles. The molecule has 2 aromatic carbocycles. The fraction of sp³-hybridized carbons (Fsp3) is 0.558. The highest BCUT2D eigenvalue weighted by atomic mass is 16.6. The van der Waals surface area contributed by atoms with E-state index in [4.69, 9.17) is 37.6 Å². The van der Waals surface area contributed by atoms with Crippen LogP contribution in [0, 0.1) is 0 Å². The standard InChI is InChI=1S/C52H74N4O16/c1-30(2)20-22-32-36(68-28-40(57)55-34(47(61)66-12)18-14-16-24-53-49(63)71-51(5,6)7)26-38-43(44(32)59)45(60)42-33(23-21-31(3)4)46(65-11)39(27-37(42)70-38)69-29-41(58)56-35(48(62)67-13)19-15-17-25-54-50(64)72-52(8,9)10/h20-21,26-27,34-35,59H,14-19,22-25,28-29H2,1-13H3,(H,53,63)(H,54,64)(H,55,57)(H,56,58). The second-order valence-electron chi connectivity index (χ2n) is 19.4. The smallest absolute Gasteiger partial charge is 0.407 e. The second-order valence-corrected chi connectivity index (χ2v) is 19.4. The van der Waals surface area contributed by atoms with Crippen molar-refractivity contribution in [1.29, 1.82) is 0 Å². The number of nitrogens with one attached hydrogen (secondary N) is 4. The summed E-state index contributed by atoms with van der Waals surface area (Å²) in [4.78, 5) is 90.7. The molecule has 0 spiro atoms. The summed E-state index contributed by atoms with van der Waals surface area (Å²) >= 11 is 0. The molecule has 0 saturated heterocycles. The monoisotopic (exact) mass is 1010 g/mol. The van der Waals surface area contributed by atoms with Crippen LogP contribution in [0.5, 0.6) is 23.0 Å². The molecule has 1 heterocycles. The molecule has 3 aromatic rings. The minimum Gasteiger partial charge on any atom is -0.507 e. The van der Waals surface area contributed by atoms with Crippen LogP contribution in [0.3, 0.4) is 0 Å². The van der Waals surface area contributed by atoms with Crippen LogP contribution in [-0.2, 0) is 51.0 Å². The Morgan fingerprint density at radius 1 is 0.639 bits per heavy atom. The van der Waals surface area contributed by atoms with Crippen molar-refractivity contribution in [1.82, 2.24) is 21.3 Å². The lowest BCUT2D eigenvalue weighted by Crippen LogP contribution is -2.43. The molecule has 0 saturated carbocycles. The molecule has 5 N–H and O–H groups in total. The van der Waals surface area contributed by atoms with E-state index in [1.54, 1.807) is 41.5 Å². The molecule has 0 aliphatic rings. The second kappa shape index (κ2) is 27.6. The van der Waals surface area contributed by atoms with Crippen molar-refractivity contribution in [3.8, 4) is 23.0 Å². The van der Waals surface area contributed by atoms with Crippen molar-refractivity contribution >= 4 is 57.9 Å². The summed E-state index contributed by atoms with van der Waals surface area (Å²) in [5, 5.41) is 22.4. The van der Waals surface area contributed by atoms with Gasteiger partial charge in [0.1, 0.15) is 51.3 Å². The zero-order valence-corrected chi connectivity index (χ0v) is 44.0. The first kappa shape index (κ1) is 59.3. The van der Waals surface area contributed by atoms with Gasteiger partial charge >= 0.3 is 24.1 Å². The molecular weight excluding hydrogens is 937 g/mol. The molecule has 0 bridgehead atoms. The van der Waals surface area contributed by atoms with Gasteiger partial charge in [-0.05, 0) is 121 Å². The summed E-state index contributed by atoms with van der Waals surface area (Å²) in [5.74, 6) is -2.98. The third kappa shape index (κ3) is 19.0. The van der Waals surface area contributed by atoms with Crippen LogP contribution in [0.15, 0.2) is 44.6 Å². The number of carbonyl (C=O) groups excluding carboxylic acids is 6. The quantitative estimate of drug-likeness (QED) is 0.0186. The van der Waals surface area contributed by atoms with Crippen molar-refractivity contribution < 1.29 is 71.4 Å². The number of phenolic OH excluding ortho intramolecular Hbond substituents is 1. The Balaban J connectivity index is 1.95. The van der Waals surface area contributed by atoms with Crippen molar-refractivity contribution in [2.45, 2.75) is 144 Å². The number of ether oxygens (including phenoxy) is 7. The van der Waals surface area contributed by atoms with Gasteiger partial charge in [0.2, 0.25) is 5.43 Å². The van der Waals surface area contributed by atoms with Gasteiger partial charge in [0.15, 0.2) is 24.7 Å². The van der Waals surface area contributed by atoms with Gasteiger partial charge in [-0.15, -0.1) is 0 Å². The molecule has 20 heteroatoms. The lowest BCUT2D eigenvalue weighted by Gasteiger charge is -2.20. The van der Waals surface area contributed by atoms with Crippen LogP contribution in [-0.4, -0.2) is 112 Å². The largest absolute Gasteiger partial charge is 0.507 e. The van der Waals surface area contributed by atoms with Gasteiger partial charge in [-0.25, -0.2) is 19.2 Å². The first-order valence-corrected chi connectivity index (χ1v) is 23.8. The maximum absolute atomic E-state index is 14.7. The van der Waals surface area contributed by atoms with Crippen LogP contribution in [0.4, 0.5) is 9.59 Å². The van der Waals surface area contributed by atoms with E-state index in [0.29, 0.717) is 31.2 Å². The summed E-state index contributed by atoms with van der Waals surface area (Å²) in [5.41, 5.74) is 0.341. The number of phenols is 1. The third-order valence-electron chi connectivity index (χ3n) is 10.5. The summed E-state index contributed by atoms with van der Waals surface area (Å²) in [6, 6.07) is 0.710. The Hall–Kier alpha value is -6.99. The molecule has 0 radical (unpaired) electrons. The molecule has 398 valence electrons. The van der Waals surface area contributed by atoms with E-state index in [9.17, 15) is 38.7 Å². The van der Waals surface area contributed by atoms with Gasteiger partial charge in [-0.3, -0.25) is 14.4 Å². The molecule has 2 unspecified atom stereocenters. The number of hydrogen-bond donors (Lipinski definition) is 5. The molecule has 2 atom stereocenters. The molecule has 3 rings (SSSR count). The number of hydrogen-bond acceptors (Lipinski definition) is 16. The number of aromatic hydroxyl groups is 1. The number of allylic oxidation sites excluding steroid dienone is 4. The van der Waals surface area contributed by atoms with Gasteiger partial charge in [-0.1, -0.05) is 23.3 Å². The van der Waals surface area contributed by atoms with E-state index >= 15 is 0 Å². The van der Waals surface area contributed by atoms with Gasteiger partial charge in [0.25, 0.3) is 11.8 Å². The number of fused-ring (bicyclic) bond motifs is 2. The topological polar surface area (TPSA) is 266 Å². The summed E-state index contributed by atoms with van der Waals surface area (Å²) in [7, 11) is 3.78. The lowest BCUT2D eigenvalue weighted by atomic mass is 9.98. The zero-order valence-electron chi connectivity index (χ0n) is 44.0. The SMILES string of the molecule is COC(=O)C(CCCCNC(=O)OC(C)(C)C)NC(=O)COc1cc2oc3cc(OCC(=O)NC(CCCCNC(=O)OC(C)(C)C)C(=O)OC)c(OC)c(CC=C(C)C)c3c(=O)c2c(O)c1CC=C(C)C. The van der Waals surface area contributed by atoms with E-state index in [2.05, 4.69) is 21.3 Å². The average molecular weight is 1010 g/mol. The number of unbranched alkanes of at least 4 members (excludes halogenated alkanes) is 2. The lowest BCUT2D eigenvalue weighted by molar-refractivity contribution is -0.145. The summed E-state index contributed by atoms with van der Waals surface area (Å²) in [6.45, 7) is 17.3. The van der Waals surface area contributed by atoms with Gasteiger partial charge in [0.05, 0.1) is 26.7 Å². The van der Waals surface area contributed by atoms with Crippen molar-refractivity contribution in [2.24, 2.45) is 0 Å². The minimum absolute atomic E-state index is 0.00986. The highest BCUT2D eigenvalue weighted by Crippen LogP contribution is 2.42. The third-order valence-corrected chi connectivity index (χ3v) is 10.5.